The van der Waals surface area contributed by atoms with Crippen molar-refractivity contribution in [3.63, 3.8) is 0 Å². The molecule has 0 spiro atoms. The Hall–Kier alpha value is -0.0400. The Balaban J connectivity index is 3.87. The Morgan fingerprint density at radius 2 is 2.36 bits per heavy atom. The van der Waals surface area contributed by atoms with Gasteiger partial charge in [-0.25, -0.2) is 0 Å². The highest BCUT2D eigenvalue weighted by atomic mass is 127. The van der Waals surface area contributed by atoms with E-state index >= 15 is 0 Å². The monoisotopic (exact) mass is 328 g/mol. The summed E-state index contributed by atoms with van der Waals surface area (Å²) in [6.07, 6.45) is 4.48. The van der Waals surface area contributed by atoms with Crippen LogP contribution in [-0.2, 0) is 14.3 Å². The van der Waals surface area contributed by atoms with Crippen molar-refractivity contribution in [2.45, 2.75) is 25.9 Å². The number of carbonyl (C=O) groups is 2. The third-order valence-electron chi connectivity index (χ3n) is 1.43. The molecule has 14 heavy (non-hydrogen) atoms. The summed E-state index contributed by atoms with van der Waals surface area (Å²) < 4.78 is 4.74. The normalized spacial score (nSPS) is 12.7. The van der Waals surface area contributed by atoms with Crippen molar-refractivity contribution in [2.75, 3.05) is 5.75 Å². The number of halogens is 1. The molecule has 0 rings (SSSR count). The Labute approximate surface area is 100 Å². The van der Waals surface area contributed by atoms with Crippen LogP contribution in [0.15, 0.2) is 12.2 Å². The molecule has 0 amide bonds. The molecule has 0 unspecified atom stereocenters. The summed E-state index contributed by atoms with van der Waals surface area (Å²) in [5.74, 6) is 1.04. The average Bonchev–Trinajstić information content (AvgIpc) is 2.12. The lowest BCUT2D eigenvalue weighted by Gasteiger charge is -2.07. The van der Waals surface area contributed by atoms with E-state index in [9.17, 15) is 9.59 Å². The van der Waals surface area contributed by atoms with Crippen LogP contribution < -0.4 is 0 Å². The summed E-state index contributed by atoms with van der Waals surface area (Å²) in [6, 6.07) is 0. The Morgan fingerprint density at radius 3 is 2.86 bits per heavy atom. The molecule has 0 radical (unpaired) electrons. The van der Waals surface area contributed by atoms with Crippen molar-refractivity contribution in [3.05, 3.63) is 12.2 Å². The van der Waals surface area contributed by atoms with E-state index in [0.29, 0.717) is 6.47 Å². The van der Waals surface area contributed by atoms with Gasteiger partial charge in [0.05, 0.1) is 0 Å². The second kappa shape index (κ2) is 9.51. The van der Waals surface area contributed by atoms with Gasteiger partial charge < -0.3 is 4.74 Å². The minimum absolute atomic E-state index is 0.0183. The van der Waals surface area contributed by atoms with Gasteiger partial charge in [-0.05, 0) is 40.6 Å². The number of allylic oxidation sites excluding steroid dienone is 1. The van der Waals surface area contributed by atoms with Crippen LogP contribution in [0.3, 0.4) is 0 Å². The fourth-order valence-corrected chi connectivity index (χ4v) is 1.86. The molecule has 3 nitrogen and oxygen atoms in total. The van der Waals surface area contributed by atoms with Crippen LogP contribution in [0.4, 0.5) is 0 Å². The summed E-state index contributed by atoms with van der Waals surface area (Å²) in [4.78, 5) is 20.9. The molecule has 0 saturated carbocycles. The molecular weight excluding hydrogens is 315 g/mol. The van der Waals surface area contributed by atoms with Gasteiger partial charge in [-0.3, -0.25) is 9.59 Å². The van der Waals surface area contributed by atoms with Gasteiger partial charge in [0.25, 0.3) is 6.47 Å². The third kappa shape index (κ3) is 8.55. The van der Waals surface area contributed by atoms with Gasteiger partial charge in [0.1, 0.15) is 11.9 Å². The highest BCUT2D eigenvalue weighted by Crippen LogP contribution is 2.12. The zero-order valence-electron chi connectivity index (χ0n) is 7.94. The molecule has 80 valence electrons. The molecule has 0 aliphatic rings. The summed E-state index contributed by atoms with van der Waals surface area (Å²) >= 11 is 2.22. The minimum Gasteiger partial charge on any atom is -0.460 e. The van der Waals surface area contributed by atoms with E-state index in [0.717, 1.165) is 12.2 Å². The molecule has 0 aliphatic heterocycles. The van der Waals surface area contributed by atoms with Crippen LogP contribution in [0.5, 0.6) is 0 Å². The minimum atomic E-state index is -0.399. The molecule has 0 aliphatic carbocycles. The maximum atomic E-state index is 10.8. The van der Waals surface area contributed by atoms with Gasteiger partial charge in [0.2, 0.25) is 0 Å². The lowest BCUT2D eigenvalue weighted by molar-refractivity contribution is -0.133. The Bertz CT molecular complexity index is 206. The van der Waals surface area contributed by atoms with E-state index in [1.165, 1.54) is 6.92 Å². The van der Waals surface area contributed by atoms with Crippen molar-refractivity contribution in [3.8, 4) is 0 Å². The largest absolute Gasteiger partial charge is 0.460 e. The van der Waals surface area contributed by atoms with E-state index < -0.39 is 6.10 Å². The zero-order valence-corrected chi connectivity index (χ0v) is 10.9. The highest BCUT2D eigenvalue weighted by Gasteiger charge is 2.07. The Morgan fingerprint density at radius 1 is 1.64 bits per heavy atom. The number of rotatable bonds is 8. The molecule has 0 saturated heterocycles. The van der Waals surface area contributed by atoms with Gasteiger partial charge in [-0.2, -0.15) is 0 Å². The Kier molecular flexibility index (Phi) is 9.49. The summed E-state index contributed by atoms with van der Waals surface area (Å²) in [6.45, 7) is 1.86. The van der Waals surface area contributed by atoms with Gasteiger partial charge in [-0.15, -0.1) is 0 Å². The van der Waals surface area contributed by atoms with Gasteiger partial charge in [-0.1, -0.05) is 15.0 Å². The number of Topliss-reactive ketones (excluding diaryl/α,β-unsaturated/α-hetero) is 1. The molecule has 0 N–H and O–H groups in total. The van der Waals surface area contributed by atoms with E-state index in [1.807, 2.05) is 6.08 Å². The van der Waals surface area contributed by atoms with Crippen molar-refractivity contribution >= 4 is 42.4 Å². The van der Waals surface area contributed by atoms with Crippen molar-refractivity contribution in [1.82, 2.24) is 0 Å². The standard InChI is InChI=1S/C9H13IO3S/c1-8(12)6-9(13-7-11)4-2-3-5-14-10/h2,4,7,9H,3,5-6H2,1H3/b4-2+/t9-/m1/s1. The number of hydrogen-bond acceptors (Lipinski definition) is 4. The molecule has 0 fully saturated rings. The number of ether oxygens (including phenoxy) is 1. The van der Waals surface area contributed by atoms with Gasteiger partial charge in [0, 0.05) is 12.2 Å². The van der Waals surface area contributed by atoms with E-state index in [4.69, 9.17) is 4.74 Å². The molecule has 0 bridgehead atoms. The number of hydrogen-bond donors (Lipinski definition) is 0. The fraction of sp³-hybridized carbons (Fsp3) is 0.556. The predicted octanol–water partition coefficient (Wildman–Crippen LogP) is 2.54. The van der Waals surface area contributed by atoms with Crippen molar-refractivity contribution in [2.24, 2.45) is 0 Å². The number of carbonyl (C=O) groups excluding carboxylic acids is 2. The first-order valence-electron chi connectivity index (χ1n) is 4.19. The van der Waals surface area contributed by atoms with Gasteiger partial charge in [0.15, 0.2) is 0 Å². The van der Waals surface area contributed by atoms with Gasteiger partial charge >= 0.3 is 0 Å². The van der Waals surface area contributed by atoms with E-state index in [2.05, 4.69) is 21.2 Å². The average molecular weight is 328 g/mol. The van der Waals surface area contributed by atoms with Crippen LogP contribution in [0.25, 0.3) is 0 Å². The smallest absolute Gasteiger partial charge is 0.293 e. The predicted molar refractivity (Wildman–Crippen MR) is 66.5 cm³/mol. The lowest BCUT2D eigenvalue weighted by atomic mass is 10.2. The summed E-state index contributed by atoms with van der Waals surface area (Å²) in [5, 5.41) is 0. The van der Waals surface area contributed by atoms with Crippen molar-refractivity contribution < 1.29 is 14.3 Å². The second-order valence-electron chi connectivity index (χ2n) is 2.71. The third-order valence-corrected chi connectivity index (χ3v) is 3.14. The second-order valence-corrected chi connectivity index (χ2v) is 5.20. The zero-order chi connectivity index (χ0) is 10.8. The van der Waals surface area contributed by atoms with Crippen molar-refractivity contribution in [1.29, 1.82) is 0 Å². The topological polar surface area (TPSA) is 43.4 Å². The van der Waals surface area contributed by atoms with Crippen LogP contribution >= 0.6 is 30.1 Å². The molecule has 0 aromatic carbocycles. The van der Waals surface area contributed by atoms with E-state index in [-0.39, 0.29) is 12.2 Å². The van der Waals surface area contributed by atoms with Crippen LogP contribution in [0, 0.1) is 0 Å². The quantitative estimate of drug-likeness (QED) is 0.297. The highest BCUT2D eigenvalue weighted by molar-refractivity contribution is 14.2. The molecule has 0 aromatic heterocycles. The molecule has 5 heteroatoms. The van der Waals surface area contributed by atoms with Crippen LogP contribution in [-0.4, -0.2) is 24.1 Å². The first-order valence-corrected chi connectivity index (χ1v) is 7.72. The van der Waals surface area contributed by atoms with Crippen LogP contribution in [0.2, 0.25) is 0 Å². The summed E-state index contributed by atoms with van der Waals surface area (Å²) in [7, 11) is 1.72. The first-order chi connectivity index (χ1) is 6.70. The maximum absolute atomic E-state index is 10.8. The maximum Gasteiger partial charge on any atom is 0.293 e. The lowest BCUT2D eigenvalue weighted by Crippen LogP contribution is -2.12. The molecule has 0 heterocycles. The molecular formula is C9H13IO3S. The van der Waals surface area contributed by atoms with E-state index in [1.54, 1.807) is 15.0 Å². The fourth-order valence-electron chi connectivity index (χ4n) is 0.877. The van der Waals surface area contributed by atoms with Crippen LogP contribution in [0.1, 0.15) is 19.8 Å². The SMILES string of the molecule is CC(=O)C[C@@H](/C=C/CCSI)OC=O. The number of ketones is 1. The first kappa shape index (κ1) is 14.0. The molecule has 1 atom stereocenters. The summed E-state index contributed by atoms with van der Waals surface area (Å²) in [5.41, 5.74) is 0. The molecule has 0 aromatic rings.